The van der Waals surface area contributed by atoms with Crippen LogP contribution < -0.4 is 10.5 Å². The van der Waals surface area contributed by atoms with Gasteiger partial charge >= 0.3 is 0 Å². The van der Waals surface area contributed by atoms with Crippen molar-refractivity contribution >= 4 is 0 Å². The lowest BCUT2D eigenvalue weighted by Gasteiger charge is -2.37. The Kier molecular flexibility index (Phi) is 3.64. The van der Waals surface area contributed by atoms with E-state index in [-0.39, 0.29) is 12.0 Å². The summed E-state index contributed by atoms with van der Waals surface area (Å²) in [5.41, 5.74) is 6.57. The first kappa shape index (κ1) is 14.0. The van der Waals surface area contributed by atoms with Crippen LogP contribution in [0.1, 0.15) is 11.1 Å². The van der Waals surface area contributed by atoms with Gasteiger partial charge < -0.3 is 10.5 Å². The summed E-state index contributed by atoms with van der Waals surface area (Å²) in [6.45, 7) is 0.684. The molecule has 1 atom stereocenters. The maximum atomic E-state index is 13.9. The van der Waals surface area contributed by atoms with Crippen LogP contribution in [-0.2, 0) is 12.8 Å². The van der Waals surface area contributed by atoms with Gasteiger partial charge in [0, 0.05) is 17.5 Å². The molecular formula is C17H17F2NO. The molecule has 1 heterocycles. The van der Waals surface area contributed by atoms with Crippen molar-refractivity contribution in [2.24, 2.45) is 11.1 Å². The second-order valence-electron chi connectivity index (χ2n) is 5.65. The summed E-state index contributed by atoms with van der Waals surface area (Å²) in [5.74, 6) is -0.223. The average molecular weight is 289 g/mol. The summed E-state index contributed by atoms with van der Waals surface area (Å²) in [6, 6.07) is 11.6. The second-order valence-corrected chi connectivity index (χ2v) is 5.65. The van der Waals surface area contributed by atoms with E-state index in [1.165, 1.54) is 18.2 Å². The van der Waals surface area contributed by atoms with Crippen LogP contribution in [0.15, 0.2) is 42.5 Å². The van der Waals surface area contributed by atoms with Crippen molar-refractivity contribution in [2.75, 3.05) is 13.2 Å². The quantitative estimate of drug-likeness (QED) is 0.942. The predicted molar refractivity (Wildman–Crippen MR) is 77.2 cm³/mol. The normalized spacial score (nSPS) is 20.7. The van der Waals surface area contributed by atoms with Crippen molar-refractivity contribution in [3.05, 3.63) is 65.2 Å². The van der Waals surface area contributed by atoms with Crippen LogP contribution in [-0.4, -0.2) is 13.2 Å². The number of halogens is 2. The third-order valence-corrected chi connectivity index (χ3v) is 4.12. The van der Waals surface area contributed by atoms with Gasteiger partial charge in [0.2, 0.25) is 0 Å². The zero-order valence-corrected chi connectivity index (χ0v) is 11.6. The number of hydrogen-bond acceptors (Lipinski definition) is 2. The lowest BCUT2D eigenvalue weighted by atomic mass is 9.75. The Balaban J connectivity index is 1.93. The number of hydrogen-bond donors (Lipinski definition) is 1. The number of rotatable bonds is 3. The Hall–Kier alpha value is -1.94. The number of ether oxygens (including phenoxy) is 1. The molecular weight excluding hydrogens is 272 g/mol. The number of nitrogens with two attached hydrogens (primary N) is 1. The summed E-state index contributed by atoms with van der Waals surface area (Å²) in [5, 5.41) is 0. The van der Waals surface area contributed by atoms with E-state index in [0.29, 0.717) is 19.6 Å². The Morgan fingerprint density at radius 2 is 1.76 bits per heavy atom. The molecule has 1 aliphatic rings. The molecule has 1 aliphatic heterocycles. The zero-order valence-electron chi connectivity index (χ0n) is 11.6. The van der Waals surface area contributed by atoms with Crippen molar-refractivity contribution in [3.8, 4) is 5.75 Å². The van der Waals surface area contributed by atoms with Crippen LogP contribution in [0.5, 0.6) is 5.75 Å². The topological polar surface area (TPSA) is 35.2 Å². The molecule has 1 unspecified atom stereocenters. The molecule has 2 aromatic carbocycles. The van der Waals surface area contributed by atoms with Gasteiger partial charge in [0.25, 0.3) is 0 Å². The summed E-state index contributed by atoms with van der Waals surface area (Å²) >= 11 is 0. The van der Waals surface area contributed by atoms with Gasteiger partial charge in [-0.25, -0.2) is 8.78 Å². The summed E-state index contributed by atoms with van der Waals surface area (Å²) in [6.07, 6.45) is 0.893. The Bertz CT molecular complexity index is 639. The number of benzene rings is 2. The van der Waals surface area contributed by atoms with Gasteiger partial charge in [-0.2, -0.15) is 0 Å². The predicted octanol–water partition coefficient (Wildman–Crippen LogP) is 3.09. The average Bonchev–Trinajstić information content (AvgIpc) is 2.51. The minimum atomic E-state index is -0.526. The molecule has 0 bridgehead atoms. The fourth-order valence-corrected chi connectivity index (χ4v) is 2.87. The highest BCUT2D eigenvalue weighted by molar-refractivity contribution is 5.37. The van der Waals surface area contributed by atoms with Gasteiger partial charge in [0.15, 0.2) is 0 Å². The molecule has 0 radical (unpaired) electrons. The third-order valence-electron chi connectivity index (χ3n) is 4.12. The second kappa shape index (κ2) is 5.45. The van der Waals surface area contributed by atoms with Gasteiger partial charge in [-0.1, -0.05) is 24.3 Å². The van der Waals surface area contributed by atoms with Crippen LogP contribution in [0.3, 0.4) is 0 Å². The molecule has 0 saturated heterocycles. The van der Waals surface area contributed by atoms with Crippen molar-refractivity contribution in [2.45, 2.75) is 12.8 Å². The van der Waals surface area contributed by atoms with Crippen LogP contribution >= 0.6 is 0 Å². The van der Waals surface area contributed by atoms with Gasteiger partial charge in [-0.15, -0.1) is 0 Å². The molecule has 0 amide bonds. The van der Waals surface area contributed by atoms with E-state index >= 15 is 0 Å². The van der Waals surface area contributed by atoms with Gasteiger partial charge in [-0.05, 0) is 36.6 Å². The SMILES string of the molecule is NCC1(Cc2c(F)cccc2F)COc2ccccc2C1. The van der Waals surface area contributed by atoms with Gasteiger partial charge in [0.05, 0.1) is 6.61 Å². The molecule has 2 nitrogen and oxygen atoms in total. The van der Waals surface area contributed by atoms with E-state index in [0.717, 1.165) is 11.3 Å². The van der Waals surface area contributed by atoms with Crippen molar-refractivity contribution in [1.29, 1.82) is 0 Å². The molecule has 0 fully saturated rings. The Morgan fingerprint density at radius 3 is 2.48 bits per heavy atom. The highest BCUT2D eigenvalue weighted by Gasteiger charge is 2.36. The van der Waals surface area contributed by atoms with E-state index in [1.807, 2.05) is 24.3 Å². The molecule has 4 heteroatoms. The van der Waals surface area contributed by atoms with Gasteiger partial charge in [-0.3, -0.25) is 0 Å². The van der Waals surface area contributed by atoms with Crippen molar-refractivity contribution in [3.63, 3.8) is 0 Å². The Labute approximate surface area is 122 Å². The lowest BCUT2D eigenvalue weighted by molar-refractivity contribution is 0.124. The lowest BCUT2D eigenvalue weighted by Crippen LogP contribution is -2.43. The molecule has 0 aromatic heterocycles. The van der Waals surface area contributed by atoms with Gasteiger partial charge in [0.1, 0.15) is 17.4 Å². The van der Waals surface area contributed by atoms with E-state index in [4.69, 9.17) is 10.5 Å². The molecule has 3 rings (SSSR count). The maximum absolute atomic E-state index is 13.9. The minimum Gasteiger partial charge on any atom is -0.493 e. The molecule has 110 valence electrons. The van der Waals surface area contributed by atoms with E-state index in [9.17, 15) is 8.78 Å². The van der Waals surface area contributed by atoms with Crippen LogP contribution in [0.4, 0.5) is 8.78 Å². The molecule has 0 aliphatic carbocycles. The molecule has 0 spiro atoms. The maximum Gasteiger partial charge on any atom is 0.129 e. The van der Waals surface area contributed by atoms with E-state index in [2.05, 4.69) is 0 Å². The molecule has 2 N–H and O–H groups in total. The smallest absolute Gasteiger partial charge is 0.129 e. The largest absolute Gasteiger partial charge is 0.493 e. The monoisotopic (exact) mass is 289 g/mol. The third kappa shape index (κ3) is 2.63. The van der Waals surface area contributed by atoms with Crippen molar-refractivity contribution in [1.82, 2.24) is 0 Å². The molecule has 0 saturated carbocycles. The number of para-hydroxylation sites is 1. The highest BCUT2D eigenvalue weighted by atomic mass is 19.1. The standard InChI is InChI=1S/C17H17F2NO/c18-14-5-3-6-15(19)13(14)9-17(10-20)8-12-4-1-2-7-16(12)21-11-17/h1-7H,8-11,20H2. The first-order valence-corrected chi connectivity index (χ1v) is 6.97. The fraction of sp³-hybridized carbons (Fsp3) is 0.294. The molecule has 21 heavy (non-hydrogen) atoms. The minimum absolute atomic E-state index is 0.0888. The summed E-state index contributed by atoms with van der Waals surface area (Å²) in [4.78, 5) is 0. The first-order valence-electron chi connectivity index (χ1n) is 6.97. The van der Waals surface area contributed by atoms with Crippen molar-refractivity contribution < 1.29 is 13.5 Å². The van der Waals surface area contributed by atoms with Crippen LogP contribution in [0.2, 0.25) is 0 Å². The van der Waals surface area contributed by atoms with Crippen LogP contribution in [0.25, 0.3) is 0 Å². The van der Waals surface area contributed by atoms with E-state index < -0.39 is 17.0 Å². The Morgan fingerprint density at radius 1 is 1.05 bits per heavy atom. The van der Waals surface area contributed by atoms with Crippen LogP contribution in [0, 0.1) is 17.0 Å². The molecule has 2 aromatic rings. The first-order chi connectivity index (χ1) is 10.1. The summed E-state index contributed by atoms with van der Waals surface area (Å²) in [7, 11) is 0. The highest BCUT2D eigenvalue weighted by Crippen LogP contribution is 2.37. The van der Waals surface area contributed by atoms with E-state index in [1.54, 1.807) is 0 Å². The zero-order chi connectivity index (χ0) is 14.9. The number of fused-ring (bicyclic) bond motifs is 1. The fourth-order valence-electron chi connectivity index (χ4n) is 2.87. The summed E-state index contributed by atoms with van der Waals surface area (Å²) < 4.78 is 33.5.